The van der Waals surface area contributed by atoms with Gasteiger partial charge in [0.15, 0.2) is 0 Å². The van der Waals surface area contributed by atoms with Gasteiger partial charge in [0.05, 0.1) is 6.10 Å². The highest BCUT2D eigenvalue weighted by atomic mass is 16.3. The smallest absolute Gasteiger partial charge is 0.138 e. The molecule has 1 aliphatic rings. The van der Waals surface area contributed by atoms with Crippen molar-refractivity contribution in [3.63, 3.8) is 0 Å². The van der Waals surface area contributed by atoms with Crippen molar-refractivity contribution in [2.75, 3.05) is 29.9 Å². The van der Waals surface area contributed by atoms with Gasteiger partial charge in [0.2, 0.25) is 0 Å². The average molecular weight is 278 g/mol. The van der Waals surface area contributed by atoms with Crippen molar-refractivity contribution in [2.24, 2.45) is 0 Å². The molecule has 0 aliphatic carbocycles. The molecule has 1 atom stereocenters. The Hall–Kier alpha value is -1.36. The molecule has 2 rings (SSSR count). The fraction of sp³-hybridized carbons (Fsp3) is 0.733. The largest absolute Gasteiger partial charge is 0.391 e. The van der Waals surface area contributed by atoms with Gasteiger partial charge in [-0.05, 0) is 19.8 Å². The summed E-state index contributed by atoms with van der Waals surface area (Å²) in [5.41, 5.74) is -0.0887. The van der Waals surface area contributed by atoms with E-state index < -0.39 is 0 Å². The van der Waals surface area contributed by atoms with E-state index in [1.54, 1.807) is 0 Å². The zero-order valence-electron chi connectivity index (χ0n) is 13.0. The maximum atomic E-state index is 9.84. The van der Waals surface area contributed by atoms with Crippen molar-refractivity contribution in [3.05, 3.63) is 11.9 Å². The molecule has 1 aromatic heterocycles. The SMILES string of the molecule is CCNc1cc(N2CCCC(O)C2)nc(C(C)(C)C)n1. The van der Waals surface area contributed by atoms with Gasteiger partial charge in [-0.2, -0.15) is 0 Å². The third-order valence-corrected chi connectivity index (χ3v) is 3.46. The van der Waals surface area contributed by atoms with Crippen LogP contribution in [0.1, 0.15) is 46.4 Å². The molecule has 0 aromatic carbocycles. The molecule has 5 heteroatoms. The third kappa shape index (κ3) is 3.60. The van der Waals surface area contributed by atoms with Crippen LogP contribution in [-0.2, 0) is 5.41 Å². The van der Waals surface area contributed by atoms with E-state index in [1.165, 1.54) is 0 Å². The molecule has 2 heterocycles. The Kier molecular flexibility index (Phi) is 4.48. The summed E-state index contributed by atoms with van der Waals surface area (Å²) < 4.78 is 0. The van der Waals surface area contributed by atoms with Crippen molar-refractivity contribution in [1.82, 2.24) is 9.97 Å². The molecule has 1 fully saturated rings. The molecule has 0 radical (unpaired) electrons. The van der Waals surface area contributed by atoms with E-state index in [-0.39, 0.29) is 11.5 Å². The molecule has 1 aliphatic heterocycles. The lowest BCUT2D eigenvalue weighted by molar-refractivity contribution is 0.154. The zero-order chi connectivity index (χ0) is 14.8. The first kappa shape index (κ1) is 15.0. The number of aromatic nitrogens is 2. The van der Waals surface area contributed by atoms with Crippen LogP contribution in [0.25, 0.3) is 0 Å². The second-order valence-electron chi connectivity index (χ2n) is 6.46. The van der Waals surface area contributed by atoms with Gasteiger partial charge in [-0.3, -0.25) is 0 Å². The van der Waals surface area contributed by atoms with E-state index in [2.05, 4.69) is 42.9 Å². The summed E-state index contributed by atoms with van der Waals surface area (Å²) in [5.74, 6) is 2.62. The lowest BCUT2D eigenvalue weighted by Gasteiger charge is -2.32. The number of anilines is 2. The van der Waals surface area contributed by atoms with Crippen molar-refractivity contribution < 1.29 is 5.11 Å². The number of aliphatic hydroxyl groups excluding tert-OH is 1. The van der Waals surface area contributed by atoms with E-state index in [0.29, 0.717) is 6.54 Å². The monoisotopic (exact) mass is 278 g/mol. The van der Waals surface area contributed by atoms with Gasteiger partial charge in [-0.15, -0.1) is 0 Å². The zero-order valence-corrected chi connectivity index (χ0v) is 13.0. The Balaban J connectivity index is 2.33. The molecule has 2 N–H and O–H groups in total. The average Bonchev–Trinajstić information content (AvgIpc) is 2.38. The van der Waals surface area contributed by atoms with E-state index in [0.717, 1.165) is 43.4 Å². The van der Waals surface area contributed by atoms with Gasteiger partial charge >= 0.3 is 0 Å². The molecular weight excluding hydrogens is 252 g/mol. The van der Waals surface area contributed by atoms with Crippen molar-refractivity contribution in [1.29, 1.82) is 0 Å². The second kappa shape index (κ2) is 5.95. The van der Waals surface area contributed by atoms with Gasteiger partial charge in [-0.25, -0.2) is 9.97 Å². The van der Waals surface area contributed by atoms with E-state index in [1.807, 2.05) is 6.07 Å². The second-order valence-corrected chi connectivity index (χ2v) is 6.46. The summed E-state index contributed by atoms with van der Waals surface area (Å²) in [5, 5.41) is 13.1. The van der Waals surface area contributed by atoms with Crippen molar-refractivity contribution >= 4 is 11.6 Å². The van der Waals surface area contributed by atoms with E-state index in [9.17, 15) is 5.11 Å². The maximum Gasteiger partial charge on any atom is 0.138 e. The molecular formula is C15H26N4O. The summed E-state index contributed by atoms with van der Waals surface area (Å²) in [4.78, 5) is 11.5. The first-order valence-corrected chi connectivity index (χ1v) is 7.46. The molecule has 20 heavy (non-hydrogen) atoms. The number of piperidine rings is 1. The van der Waals surface area contributed by atoms with Crippen LogP contribution in [0.3, 0.4) is 0 Å². The van der Waals surface area contributed by atoms with E-state index in [4.69, 9.17) is 4.98 Å². The van der Waals surface area contributed by atoms with Gasteiger partial charge in [-0.1, -0.05) is 20.8 Å². The number of rotatable bonds is 3. The standard InChI is InChI=1S/C15H26N4O/c1-5-16-12-9-13(18-14(17-12)15(2,3)4)19-8-6-7-11(20)10-19/h9,11,20H,5-8,10H2,1-4H3,(H,16,17,18). The molecule has 112 valence electrons. The number of hydrogen-bond donors (Lipinski definition) is 2. The minimum atomic E-state index is -0.251. The molecule has 1 unspecified atom stereocenters. The molecule has 0 amide bonds. The third-order valence-electron chi connectivity index (χ3n) is 3.46. The quantitative estimate of drug-likeness (QED) is 0.887. The number of aliphatic hydroxyl groups is 1. The minimum Gasteiger partial charge on any atom is -0.391 e. The van der Waals surface area contributed by atoms with Crippen LogP contribution in [0.2, 0.25) is 0 Å². The van der Waals surface area contributed by atoms with Crippen LogP contribution in [0.5, 0.6) is 0 Å². The normalized spacial score (nSPS) is 20.1. The molecule has 1 saturated heterocycles. The van der Waals surface area contributed by atoms with Crippen molar-refractivity contribution in [2.45, 2.75) is 52.1 Å². The van der Waals surface area contributed by atoms with Gasteiger partial charge < -0.3 is 15.3 Å². The van der Waals surface area contributed by atoms with Gasteiger partial charge in [0.25, 0.3) is 0 Å². The summed E-state index contributed by atoms with van der Waals surface area (Å²) >= 11 is 0. The van der Waals surface area contributed by atoms with Gasteiger partial charge in [0.1, 0.15) is 17.5 Å². The summed E-state index contributed by atoms with van der Waals surface area (Å²) in [7, 11) is 0. The maximum absolute atomic E-state index is 9.84. The van der Waals surface area contributed by atoms with Crippen molar-refractivity contribution in [3.8, 4) is 0 Å². The van der Waals surface area contributed by atoms with Crippen LogP contribution < -0.4 is 10.2 Å². The summed E-state index contributed by atoms with van der Waals surface area (Å²) in [6, 6.07) is 1.98. The predicted molar refractivity (Wildman–Crippen MR) is 82.3 cm³/mol. The molecule has 5 nitrogen and oxygen atoms in total. The Bertz CT molecular complexity index is 456. The van der Waals surface area contributed by atoms with Crippen LogP contribution in [0, 0.1) is 0 Å². The van der Waals surface area contributed by atoms with Crippen LogP contribution >= 0.6 is 0 Å². The van der Waals surface area contributed by atoms with Crippen LogP contribution in [0.4, 0.5) is 11.6 Å². The highest BCUT2D eigenvalue weighted by Crippen LogP contribution is 2.25. The first-order chi connectivity index (χ1) is 9.40. The Morgan fingerprint density at radius 2 is 2.15 bits per heavy atom. The topological polar surface area (TPSA) is 61.3 Å². The summed E-state index contributed by atoms with van der Waals surface area (Å²) in [6.07, 6.45) is 1.64. The first-order valence-electron chi connectivity index (χ1n) is 7.46. The Morgan fingerprint density at radius 1 is 1.40 bits per heavy atom. The lowest BCUT2D eigenvalue weighted by atomic mass is 9.95. The fourth-order valence-electron chi connectivity index (χ4n) is 2.37. The van der Waals surface area contributed by atoms with Crippen LogP contribution in [-0.4, -0.2) is 40.8 Å². The highest BCUT2D eigenvalue weighted by molar-refractivity contribution is 5.50. The number of nitrogens with zero attached hydrogens (tertiary/aromatic N) is 3. The molecule has 0 saturated carbocycles. The van der Waals surface area contributed by atoms with Gasteiger partial charge in [0, 0.05) is 31.1 Å². The Morgan fingerprint density at radius 3 is 2.75 bits per heavy atom. The minimum absolute atomic E-state index is 0.0887. The Labute approximate surface area is 121 Å². The molecule has 0 spiro atoms. The predicted octanol–water partition coefficient (Wildman–Crippen LogP) is 2.17. The fourth-order valence-corrected chi connectivity index (χ4v) is 2.37. The summed E-state index contributed by atoms with van der Waals surface area (Å²) in [6.45, 7) is 10.9. The number of β-amino-alcohol motifs (C(OH)–C–C–N with tert-alkyl or cyclic N) is 1. The van der Waals surface area contributed by atoms with E-state index >= 15 is 0 Å². The molecule has 1 aromatic rings. The van der Waals surface area contributed by atoms with Crippen LogP contribution in [0.15, 0.2) is 6.07 Å². The number of nitrogens with one attached hydrogen (secondary N) is 1. The number of hydrogen-bond acceptors (Lipinski definition) is 5. The lowest BCUT2D eigenvalue weighted by Crippen LogP contribution is -2.39. The molecule has 0 bridgehead atoms. The highest BCUT2D eigenvalue weighted by Gasteiger charge is 2.23.